The van der Waals surface area contributed by atoms with Crippen LogP contribution in [0, 0.1) is 22.0 Å². The molecule has 1 fully saturated rings. The van der Waals surface area contributed by atoms with E-state index in [4.69, 9.17) is 11.6 Å². The normalized spacial score (nSPS) is 28.9. The largest absolute Gasteiger partial charge is 0.466 e. The van der Waals surface area contributed by atoms with Gasteiger partial charge >= 0.3 is 24.3 Å². The highest BCUT2D eigenvalue weighted by Crippen LogP contribution is 2.56. The second kappa shape index (κ2) is 9.99. The molecule has 0 saturated carbocycles. The molecule has 17 heteroatoms. The van der Waals surface area contributed by atoms with Gasteiger partial charge in [0.15, 0.2) is 0 Å². The minimum absolute atomic E-state index is 0.421. The van der Waals surface area contributed by atoms with E-state index in [2.05, 4.69) is 9.47 Å². The van der Waals surface area contributed by atoms with Crippen molar-refractivity contribution in [2.24, 2.45) is 11.8 Å². The molecule has 0 spiro atoms. The van der Waals surface area contributed by atoms with Gasteiger partial charge in [-0.1, -0.05) is 17.7 Å². The smallest absolute Gasteiger partial charge is 0.432 e. The molecule has 0 amide bonds. The van der Waals surface area contributed by atoms with E-state index in [1.165, 1.54) is 0 Å². The van der Waals surface area contributed by atoms with E-state index < -0.39 is 87.9 Å². The van der Waals surface area contributed by atoms with Crippen molar-refractivity contribution in [2.45, 2.75) is 43.6 Å². The van der Waals surface area contributed by atoms with Gasteiger partial charge < -0.3 is 19.7 Å². The predicted molar refractivity (Wildman–Crippen MR) is 106 cm³/mol. The summed E-state index contributed by atoms with van der Waals surface area (Å²) < 4.78 is 93.7. The molecule has 0 bridgehead atoms. The Labute approximate surface area is 203 Å². The molecule has 1 aliphatic rings. The van der Waals surface area contributed by atoms with Crippen molar-refractivity contribution >= 4 is 29.2 Å². The van der Waals surface area contributed by atoms with Crippen molar-refractivity contribution in [3.05, 3.63) is 38.9 Å². The van der Waals surface area contributed by atoms with Crippen LogP contribution in [-0.2, 0) is 19.1 Å². The van der Waals surface area contributed by atoms with Gasteiger partial charge in [-0.2, -0.15) is 26.3 Å². The van der Waals surface area contributed by atoms with E-state index in [1.54, 1.807) is 0 Å². The summed E-state index contributed by atoms with van der Waals surface area (Å²) in [6.45, 7) is 1.06. The van der Waals surface area contributed by atoms with Gasteiger partial charge in [0.05, 0.1) is 18.1 Å². The first kappa shape index (κ1) is 29.5. The third kappa shape index (κ3) is 4.94. The van der Waals surface area contributed by atoms with Gasteiger partial charge in [-0.3, -0.25) is 19.7 Å². The number of nitrogens with one attached hydrogen (secondary N) is 1. The fraction of sp³-hybridized carbons (Fsp3) is 0.579. The van der Waals surface area contributed by atoms with Crippen LogP contribution in [0.3, 0.4) is 0 Å². The van der Waals surface area contributed by atoms with Crippen molar-refractivity contribution < 1.29 is 60.5 Å². The average Bonchev–Trinajstić information content (AvgIpc) is 2.72. The summed E-state index contributed by atoms with van der Waals surface area (Å²) >= 11 is 5.69. The zero-order valence-corrected chi connectivity index (χ0v) is 19.1. The number of nitro benzene ring substituents is 1. The Bertz CT molecular complexity index is 990. The van der Waals surface area contributed by atoms with E-state index in [0.717, 1.165) is 19.9 Å². The van der Waals surface area contributed by atoms with Crippen LogP contribution >= 0.6 is 11.6 Å². The molecule has 1 heterocycles. The second-order valence-electron chi connectivity index (χ2n) is 7.61. The number of nitrogens with zero attached hydrogens (tertiary/aromatic N) is 1. The number of esters is 2. The molecule has 1 unspecified atom stereocenters. The first-order valence-electron chi connectivity index (χ1n) is 10.0. The van der Waals surface area contributed by atoms with Crippen molar-refractivity contribution in [3.8, 4) is 0 Å². The minimum Gasteiger partial charge on any atom is -0.466 e. The quantitative estimate of drug-likeness (QED) is 0.210. The molecule has 1 aromatic carbocycles. The molecule has 3 N–H and O–H groups in total. The van der Waals surface area contributed by atoms with Crippen LogP contribution in [0.1, 0.15) is 25.3 Å². The molecule has 1 aliphatic heterocycles. The SMILES string of the molecule is CCOC(=O)[C@@H]1C(c2ccc(Cl)c([N+](=O)[O-])c2)[C@H](C(=O)OCC)[C@@](O)(C(F)(F)F)N[C@]1(O)C(F)(F)F. The number of rotatable bonds is 6. The molecule has 0 radical (unpaired) electrons. The highest BCUT2D eigenvalue weighted by Gasteiger charge is 2.78. The Morgan fingerprint density at radius 1 is 1.03 bits per heavy atom. The highest BCUT2D eigenvalue weighted by atomic mass is 35.5. The molecule has 5 atom stereocenters. The standard InChI is InChI=1S/C19H19ClF6N2O8/c1-3-35-14(29)12-11(8-5-6-9(20)10(7-8)28(33)34)13(15(30)36-4-2)17(32,19(24,25)26)27-16(12,31)18(21,22)23/h5-7,11-13,27,31-32H,3-4H2,1-2H3/t11?,12-,13+,16-,17-/m1/s1. The maximum absolute atomic E-state index is 14.1. The molecule has 2 rings (SSSR count). The lowest BCUT2D eigenvalue weighted by Crippen LogP contribution is -2.81. The average molecular weight is 553 g/mol. The van der Waals surface area contributed by atoms with E-state index in [9.17, 15) is 56.3 Å². The lowest BCUT2D eigenvalue weighted by atomic mass is 9.64. The fourth-order valence-electron chi connectivity index (χ4n) is 4.01. The first-order chi connectivity index (χ1) is 16.4. The van der Waals surface area contributed by atoms with Crippen LogP contribution in [0.25, 0.3) is 0 Å². The second-order valence-corrected chi connectivity index (χ2v) is 8.01. The Kier molecular flexibility index (Phi) is 8.20. The van der Waals surface area contributed by atoms with Crippen molar-refractivity contribution in [2.75, 3.05) is 13.2 Å². The van der Waals surface area contributed by atoms with Gasteiger partial charge in [0, 0.05) is 12.0 Å². The zero-order valence-electron chi connectivity index (χ0n) is 18.3. The molecule has 202 valence electrons. The number of carbonyl (C=O) groups excluding carboxylic acids is 2. The number of piperidine rings is 1. The van der Waals surface area contributed by atoms with Gasteiger partial charge in [-0.15, -0.1) is 0 Å². The van der Waals surface area contributed by atoms with E-state index in [0.29, 0.717) is 17.4 Å². The van der Waals surface area contributed by atoms with E-state index in [-0.39, 0.29) is 0 Å². The number of halogens is 7. The van der Waals surface area contributed by atoms with Crippen LogP contribution < -0.4 is 5.32 Å². The summed E-state index contributed by atoms with van der Waals surface area (Å²) in [5.41, 5.74) is -11.5. The summed E-state index contributed by atoms with van der Waals surface area (Å²) in [6.07, 6.45) is -12.2. The predicted octanol–water partition coefficient (Wildman–Crippen LogP) is 2.80. The Hall–Kier alpha value is -2.69. The number of nitro groups is 1. The van der Waals surface area contributed by atoms with Crippen LogP contribution in [0.4, 0.5) is 32.0 Å². The summed E-state index contributed by atoms with van der Waals surface area (Å²) in [5, 5.41) is 32.5. The fourth-order valence-corrected chi connectivity index (χ4v) is 4.20. The van der Waals surface area contributed by atoms with Crippen molar-refractivity contribution in [1.82, 2.24) is 5.32 Å². The maximum Gasteiger partial charge on any atom is 0.432 e. The van der Waals surface area contributed by atoms with Crippen LogP contribution in [-0.4, -0.2) is 64.1 Å². The molecule has 0 aliphatic carbocycles. The number of ether oxygens (including phenoxy) is 2. The van der Waals surface area contributed by atoms with Crippen LogP contribution in [0.5, 0.6) is 0 Å². The van der Waals surface area contributed by atoms with Crippen molar-refractivity contribution in [1.29, 1.82) is 0 Å². The molecular weight excluding hydrogens is 534 g/mol. The molecule has 0 aromatic heterocycles. The number of carbonyl (C=O) groups is 2. The van der Waals surface area contributed by atoms with Gasteiger partial charge in [-0.05, 0) is 25.5 Å². The van der Waals surface area contributed by atoms with Crippen LogP contribution in [0.15, 0.2) is 18.2 Å². The number of benzene rings is 1. The molecule has 10 nitrogen and oxygen atoms in total. The number of alkyl halides is 6. The van der Waals surface area contributed by atoms with Gasteiger partial charge in [0.2, 0.25) is 11.4 Å². The molecular formula is C19H19ClF6N2O8. The zero-order chi connectivity index (χ0) is 27.9. The lowest BCUT2D eigenvalue weighted by molar-refractivity contribution is -0.385. The highest BCUT2D eigenvalue weighted by molar-refractivity contribution is 6.32. The summed E-state index contributed by atoms with van der Waals surface area (Å²) in [4.78, 5) is 35.6. The van der Waals surface area contributed by atoms with Gasteiger partial charge in [0.1, 0.15) is 16.9 Å². The topological polar surface area (TPSA) is 148 Å². The summed E-state index contributed by atoms with van der Waals surface area (Å²) in [6, 6.07) is 1.85. The summed E-state index contributed by atoms with van der Waals surface area (Å²) in [7, 11) is 0. The van der Waals surface area contributed by atoms with Gasteiger partial charge in [0.25, 0.3) is 5.69 Å². The minimum atomic E-state index is -6.08. The Morgan fingerprint density at radius 2 is 1.44 bits per heavy atom. The third-order valence-corrected chi connectivity index (χ3v) is 5.82. The first-order valence-corrected chi connectivity index (χ1v) is 10.4. The number of hydrogen-bond donors (Lipinski definition) is 3. The van der Waals surface area contributed by atoms with Crippen molar-refractivity contribution in [3.63, 3.8) is 0 Å². The van der Waals surface area contributed by atoms with Gasteiger partial charge in [-0.25, -0.2) is 5.32 Å². The van der Waals surface area contributed by atoms with Crippen LogP contribution in [0.2, 0.25) is 5.02 Å². The Morgan fingerprint density at radius 3 is 1.78 bits per heavy atom. The maximum atomic E-state index is 14.1. The lowest BCUT2D eigenvalue weighted by Gasteiger charge is -2.54. The van der Waals surface area contributed by atoms with E-state index in [1.807, 2.05) is 0 Å². The number of aliphatic hydroxyl groups is 2. The molecule has 1 saturated heterocycles. The molecule has 1 aromatic rings. The monoisotopic (exact) mass is 552 g/mol. The Balaban J connectivity index is 3.06. The number of hydrogen-bond acceptors (Lipinski definition) is 9. The van der Waals surface area contributed by atoms with E-state index >= 15 is 0 Å². The summed E-state index contributed by atoms with van der Waals surface area (Å²) in [5.74, 6) is -12.7. The molecule has 36 heavy (non-hydrogen) atoms. The third-order valence-electron chi connectivity index (χ3n) is 5.50.